The van der Waals surface area contributed by atoms with Crippen LogP contribution in [0.25, 0.3) is 0 Å². The molecule has 2 nitrogen and oxygen atoms in total. The lowest BCUT2D eigenvalue weighted by atomic mass is 9.86. The van der Waals surface area contributed by atoms with Crippen molar-refractivity contribution in [2.45, 2.75) is 32.3 Å². The van der Waals surface area contributed by atoms with Gasteiger partial charge in [-0.25, -0.2) is 0 Å². The second-order valence-corrected chi connectivity index (χ2v) is 5.69. The summed E-state index contributed by atoms with van der Waals surface area (Å²) in [5.41, 5.74) is 2.53. The van der Waals surface area contributed by atoms with E-state index in [2.05, 4.69) is 49.9 Å². The van der Waals surface area contributed by atoms with Crippen LogP contribution in [-0.4, -0.2) is 29.6 Å². The Bertz CT molecular complexity index is 346. The molecule has 0 radical (unpaired) electrons. The van der Waals surface area contributed by atoms with Gasteiger partial charge >= 0.3 is 0 Å². The van der Waals surface area contributed by atoms with Gasteiger partial charge in [-0.3, -0.25) is 4.90 Å². The van der Waals surface area contributed by atoms with Gasteiger partial charge in [0.15, 0.2) is 0 Å². The summed E-state index contributed by atoms with van der Waals surface area (Å²) >= 11 is 0. The Balaban J connectivity index is 2.05. The van der Waals surface area contributed by atoms with Crippen LogP contribution in [0.2, 0.25) is 0 Å². The molecule has 1 N–H and O–H groups in total. The highest BCUT2D eigenvalue weighted by atomic mass is 16.3. The van der Waals surface area contributed by atoms with E-state index in [4.69, 9.17) is 0 Å². The van der Waals surface area contributed by atoms with Crippen LogP contribution in [0, 0.1) is 0 Å². The molecule has 0 saturated carbocycles. The summed E-state index contributed by atoms with van der Waals surface area (Å²) in [4.78, 5) is 2.24. The van der Waals surface area contributed by atoms with Gasteiger partial charge in [0.2, 0.25) is 0 Å². The molecule has 1 heterocycles. The average molecular weight is 219 g/mol. The lowest BCUT2D eigenvalue weighted by molar-refractivity contribution is 0.156. The summed E-state index contributed by atoms with van der Waals surface area (Å²) in [6.45, 7) is 9.65. The van der Waals surface area contributed by atoms with Crippen LogP contribution in [-0.2, 0) is 5.41 Å². The van der Waals surface area contributed by atoms with Crippen molar-refractivity contribution < 1.29 is 5.11 Å². The Labute approximate surface area is 97.9 Å². The first kappa shape index (κ1) is 11.6. The Morgan fingerprint density at radius 3 is 2.19 bits per heavy atom. The van der Waals surface area contributed by atoms with Crippen LogP contribution in [0.15, 0.2) is 24.3 Å². The first-order valence-corrected chi connectivity index (χ1v) is 5.98. The van der Waals surface area contributed by atoms with Gasteiger partial charge in [0.25, 0.3) is 0 Å². The van der Waals surface area contributed by atoms with Crippen LogP contribution in [0.1, 0.15) is 38.0 Å². The number of hydrogen-bond acceptors (Lipinski definition) is 2. The molecule has 0 aliphatic carbocycles. The van der Waals surface area contributed by atoms with Crippen LogP contribution >= 0.6 is 0 Å². The predicted octanol–water partition coefficient (Wildman–Crippen LogP) is 2.33. The Kier molecular flexibility index (Phi) is 3.04. The van der Waals surface area contributed by atoms with E-state index in [0.717, 1.165) is 25.2 Å². The summed E-state index contributed by atoms with van der Waals surface area (Å²) in [6, 6.07) is 8.35. The van der Waals surface area contributed by atoms with Gasteiger partial charge in [0, 0.05) is 19.6 Å². The van der Waals surface area contributed by atoms with E-state index in [1.54, 1.807) is 0 Å². The maximum absolute atomic E-state index is 9.98. The quantitative estimate of drug-likeness (QED) is 0.789. The Hall–Kier alpha value is -0.860. The molecule has 1 aromatic rings. The second-order valence-electron chi connectivity index (χ2n) is 5.69. The molecule has 0 bridgehead atoms. The van der Waals surface area contributed by atoms with Crippen molar-refractivity contribution in [1.82, 2.24) is 4.90 Å². The minimum atomic E-state index is -0.337. The van der Waals surface area contributed by atoms with Crippen molar-refractivity contribution in [3.8, 4) is 0 Å². The van der Waals surface area contributed by atoms with Crippen LogP contribution in [0.3, 0.4) is 0 Å². The summed E-state index contributed by atoms with van der Waals surface area (Å²) in [6.07, 6.45) is -0.337. The molecule has 1 atom stereocenters. The Morgan fingerprint density at radius 1 is 1.19 bits per heavy atom. The molecule has 0 amide bonds. The zero-order chi connectivity index (χ0) is 11.8. The smallest absolute Gasteiger partial charge is 0.0916 e. The molecule has 2 rings (SSSR count). The van der Waals surface area contributed by atoms with Crippen molar-refractivity contribution in [3.05, 3.63) is 35.4 Å². The summed E-state index contributed by atoms with van der Waals surface area (Å²) in [5, 5.41) is 9.98. The van der Waals surface area contributed by atoms with E-state index in [0.29, 0.717) is 0 Å². The van der Waals surface area contributed by atoms with E-state index in [-0.39, 0.29) is 11.5 Å². The lowest BCUT2D eigenvalue weighted by Gasteiger charge is -2.20. The maximum atomic E-state index is 9.98. The number of hydrogen-bond donors (Lipinski definition) is 1. The third-order valence-electron chi connectivity index (χ3n) is 3.13. The van der Waals surface area contributed by atoms with Crippen molar-refractivity contribution in [2.24, 2.45) is 0 Å². The molecule has 1 aromatic carbocycles. The summed E-state index contributed by atoms with van der Waals surface area (Å²) in [5.74, 6) is 0. The zero-order valence-corrected chi connectivity index (χ0v) is 10.4. The van der Waals surface area contributed by atoms with Gasteiger partial charge in [0.1, 0.15) is 0 Å². The van der Waals surface area contributed by atoms with E-state index in [9.17, 15) is 5.11 Å². The molecule has 2 heteroatoms. The monoisotopic (exact) mass is 219 g/mol. The summed E-state index contributed by atoms with van der Waals surface area (Å²) in [7, 11) is 0. The largest absolute Gasteiger partial charge is 0.387 e. The van der Waals surface area contributed by atoms with Gasteiger partial charge < -0.3 is 5.11 Å². The van der Waals surface area contributed by atoms with Crippen LogP contribution in [0.4, 0.5) is 0 Å². The average Bonchev–Trinajstić information content (AvgIpc) is 3.00. The minimum Gasteiger partial charge on any atom is -0.387 e. The van der Waals surface area contributed by atoms with Crippen LogP contribution < -0.4 is 0 Å². The molecule has 1 unspecified atom stereocenters. The first-order chi connectivity index (χ1) is 7.47. The fraction of sp³-hybridized carbons (Fsp3) is 0.571. The molecule has 0 spiro atoms. The van der Waals surface area contributed by atoms with Crippen molar-refractivity contribution >= 4 is 0 Å². The second kappa shape index (κ2) is 4.19. The van der Waals surface area contributed by atoms with Gasteiger partial charge in [-0.1, -0.05) is 45.0 Å². The van der Waals surface area contributed by atoms with Gasteiger partial charge in [-0.05, 0) is 16.5 Å². The van der Waals surface area contributed by atoms with Crippen LogP contribution in [0.5, 0.6) is 0 Å². The SMILES string of the molecule is CC(C)(C)c1ccc(C(O)CN2CC2)cc1. The highest BCUT2D eigenvalue weighted by molar-refractivity contribution is 5.28. The third kappa shape index (κ3) is 2.83. The minimum absolute atomic E-state index is 0.184. The fourth-order valence-electron chi connectivity index (χ4n) is 1.81. The molecule has 88 valence electrons. The molecule has 1 aliphatic heterocycles. The number of β-amino-alcohol motifs (C(OH)–C–C–N with tert-alkyl or cyclic N) is 1. The molecule has 16 heavy (non-hydrogen) atoms. The van der Waals surface area contributed by atoms with Crippen molar-refractivity contribution in [3.63, 3.8) is 0 Å². The number of aliphatic hydroxyl groups excluding tert-OH is 1. The third-order valence-corrected chi connectivity index (χ3v) is 3.13. The van der Waals surface area contributed by atoms with Gasteiger partial charge in [0.05, 0.1) is 6.10 Å². The van der Waals surface area contributed by atoms with Crippen molar-refractivity contribution in [1.29, 1.82) is 0 Å². The van der Waals surface area contributed by atoms with Crippen molar-refractivity contribution in [2.75, 3.05) is 19.6 Å². The van der Waals surface area contributed by atoms with E-state index < -0.39 is 0 Å². The van der Waals surface area contributed by atoms with E-state index >= 15 is 0 Å². The van der Waals surface area contributed by atoms with E-state index in [1.165, 1.54) is 5.56 Å². The number of benzene rings is 1. The standard InChI is InChI=1S/C14H21NO/c1-14(2,3)12-6-4-11(5-7-12)13(16)10-15-8-9-15/h4-7,13,16H,8-10H2,1-3H3. The molecule has 1 fully saturated rings. The first-order valence-electron chi connectivity index (χ1n) is 5.98. The van der Waals surface area contributed by atoms with E-state index in [1.807, 2.05) is 0 Å². The highest BCUT2D eigenvalue weighted by Crippen LogP contribution is 2.24. The topological polar surface area (TPSA) is 23.2 Å². The highest BCUT2D eigenvalue weighted by Gasteiger charge is 2.22. The lowest BCUT2D eigenvalue weighted by Crippen LogP contribution is -2.13. The predicted molar refractivity (Wildman–Crippen MR) is 66.5 cm³/mol. The summed E-state index contributed by atoms with van der Waals surface area (Å²) < 4.78 is 0. The van der Waals surface area contributed by atoms with Gasteiger partial charge in [-0.15, -0.1) is 0 Å². The normalized spacial score (nSPS) is 18.5. The molecular formula is C14H21NO. The fourth-order valence-corrected chi connectivity index (χ4v) is 1.81. The number of rotatable bonds is 3. The molecule has 1 aliphatic rings. The molecule has 0 aromatic heterocycles. The Morgan fingerprint density at radius 2 is 1.75 bits per heavy atom. The maximum Gasteiger partial charge on any atom is 0.0916 e. The van der Waals surface area contributed by atoms with Gasteiger partial charge in [-0.2, -0.15) is 0 Å². The molecular weight excluding hydrogens is 198 g/mol. The molecule has 1 saturated heterocycles. The number of aliphatic hydroxyl groups is 1. The number of nitrogens with zero attached hydrogens (tertiary/aromatic N) is 1. The zero-order valence-electron chi connectivity index (χ0n) is 10.4.